The molecular formula is C20H18F2N2O3. The van der Waals surface area contributed by atoms with E-state index >= 15 is 0 Å². The zero-order valence-electron chi connectivity index (χ0n) is 14.3. The van der Waals surface area contributed by atoms with E-state index in [9.17, 15) is 18.4 Å². The summed E-state index contributed by atoms with van der Waals surface area (Å²) in [5.74, 6) is -0.762. The van der Waals surface area contributed by atoms with Crippen molar-refractivity contribution in [1.82, 2.24) is 5.32 Å². The lowest BCUT2D eigenvalue weighted by Crippen LogP contribution is -2.26. The average Bonchev–Trinajstić information content (AvgIpc) is 3.45. The molecule has 0 atom stereocenters. The summed E-state index contributed by atoms with van der Waals surface area (Å²) in [5.41, 5.74) is 1.09. The number of benzene rings is 2. The van der Waals surface area contributed by atoms with E-state index in [-0.39, 0.29) is 17.7 Å². The summed E-state index contributed by atoms with van der Waals surface area (Å²) in [4.78, 5) is 24.5. The first-order chi connectivity index (χ1) is 13.0. The van der Waals surface area contributed by atoms with Gasteiger partial charge in [-0.1, -0.05) is 30.3 Å². The largest absolute Gasteiger partial charge is 0.434 e. The molecule has 1 saturated carbocycles. The summed E-state index contributed by atoms with van der Waals surface area (Å²) < 4.78 is 29.3. The number of nitrogens with one attached hydrogen (secondary N) is 2. The number of hydrogen-bond acceptors (Lipinski definition) is 3. The average molecular weight is 372 g/mol. The summed E-state index contributed by atoms with van der Waals surface area (Å²) in [6.45, 7) is -2.95. The molecule has 0 aliphatic heterocycles. The van der Waals surface area contributed by atoms with Gasteiger partial charge in [0.25, 0.3) is 5.91 Å². The molecule has 2 aromatic rings. The standard InChI is InChI=1S/C20H18F2N2O3/c21-20(22)27-17-8-4-1-5-13(17)9-12-18(25)24-16-7-3-2-6-15(16)19(26)23-14-10-11-14/h1-9,12,14,20H,10-11H2,(H,23,26)(H,24,25)/b12-9+. The molecule has 140 valence electrons. The van der Waals surface area contributed by atoms with Gasteiger partial charge in [0.05, 0.1) is 11.3 Å². The van der Waals surface area contributed by atoms with Crippen LogP contribution < -0.4 is 15.4 Å². The zero-order chi connectivity index (χ0) is 19.2. The molecular weight excluding hydrogens is 354 g/mol. The SMILES string of the molecule is O=C(/C=C/c1ccccc1OC(F)F)Nc1ccccc1C(=O)NC1CC1. The molecule has 0 bridgehead atoms. The number of carbonyl (C=O) groups excluding carboxylic acids is 2. The molecule has 27 heavy (non-hydrogen) atoms. The van der Waals surface area contributed by atoms with Crippen LogP contribution in [0.1, 0.15) is 28.8 Å². The highest BCUT2D eigenvalue weighted by Gasteiger charge is 2.24. The molecule has 2 amide bonds. The number of carbonyl (C=O) groups is 2. The van der Waals surface area contributed by atoms with E-state index < -0.39 is 12.5 Å². The summed E-state index contributed by atoms with van der Waals surface area (Å²) in [6, 6.07) is 13.0. The predicted octanol–water partition coefficient (Wildman–Crippen LogP) is 3.83. The van der Waals surface area contributed by atoms with Crippen LogP contribution in [0.5, 0.6) is 5.75 Å². The van der Waals surface area contributed by atoms with Gasteiger partial charge >= 0.3 is 6.61 Å². The Hall–Kier alpha value is -3.22. The van der Waals surface area contributed by atoms with E-state index in [2.05, 4.69) is 15.4 Å². The van der Waals surface area contributed by atoms with Crippen LogP contribution in [-0.2, 0) is 4.79 Å². The molecule has 0 unspecified atom stereocenters. The maximum atomic E-state index is 12.4. The van der Waals surface area contributed by atoms with Crippen LogP contribution >= 0.6 is 0 Å². The second kappa shape index (κ2) is 8.44. The molecule has 1 aliphatic rings. The normalized spacial score (nSPS) is 13.6. The molecule has 5 nitrogen and oxygen atoms in total. The van der Waals surface area contributed by atoms with Crippen LogP contribution in [0.25, 0.3) is 6.08 Å². The van der Waals surface area contributed by atoms with Crippen molar-refractivity contribution in [3.8, 4) is 5.75 Å². The van der Waals surface area contributed by atoms with Gasteiger partial charge in [0.15, 0.2) is 0 Å². The third kappa shape index (κ3) is 5.37. The maximum Gasteiger partial charge on any atom is 0.387 e. The van der Waals surface area contributed by atoms with Crippen molar-refractivity contribution in [3.63, 3.8) is 0 Å². The first-order valence-electron chi connectivity index (χ1n) is 8.46. The van der Waals surface area contributed by atoms with Crippen molar-refractivity contribution in [2.45, 2.75) is 25.5 Å². The summed E-state index contributed by atoms with van der Waals surface area (Å²) in [5, 5.41) is 5.51. The number of hydrogen-bond donors (Lipinski definition) is 2. The van der Waals surface area contributed by atoms with E-state index in [4.69, 9.17) is 0 Å². The molecule has 0 aromatic heterocycles. The smallest absolute Gasteiger partial charge is 0.387 e. The van der Waals surface area contributed by atoms with Crippen molar-refractivity contribution < 1.29 is 23.1 Å². The first-order valence-corrected chi connectivity index (χ1v) is 8.46. The zero-order valence-corrected chi connectivity index (χ0v) is 14.3. The fourth-order valence-corrected chi connectivity index (χ4v) is 2.44. The minimum absolute atomic E-state index is 0.0271. The first kappa shape index (κ1) is 18.6. The predicted molar refractivity (Wildman–Crippen MR) is 97.7 cm³/mol. The summed E-state index contributed by atoms with van der Waals surface area (Å²) in [7, 11) is 0. The van der Waals surface area contributed by atoms with Gasteiger partial charge in [-0.25, -0.2) is 0 Å². The Kier molecular flexibility index (Phi) is 5.80. The van der Waals surface area contributed by atoms with E-state index in [0.717, 1.165) is 12.8 Å². The number of para-hydroxylation sites is 2. The highest BCUT2D eigenvalue weighted by molar-refractivity contribution is 6.07. The Morgan fingerprint density at radius 3 is 2.52 bits per heavy atom. The fraction of sp³-hybridized carbons (Fsp3) is 0.200. The Morgan fingerprint density at radius 1 is 1.07 bits per heavy atom. The van der Waals surface area contributed by atoms with Gasteiger partial charge in [0.2, 0.25) is 5.91 Å². The van der Waals surface area contributed by atoms with E-state index in [0.29, 0.717) is 16.8 Å². The lowest BCUT2D eigenvalue weighted by molar-refractivity contribution is -0.111. The molecule has 0 radical (unpaired) electrons. The highest BCUT2D eigenvalue weighted by atomic mass is 19.3. The van der Waals surface area contributed by atoms with Gasteiger partial charge in [-0.15, -0.1) is 0 Å². The lowest BCUT2D eigenvalue weighted by atomic mass is 10.1. The van der Waals surface area contributed by atoms with Crippen LogP contribution in [0.4, 0.5) is 14.5 Å². The number of halogens is 2. The number of rotatable bonds is 7. The van der Waals surface area contributed by atoms with Crippen LogP contribution in [0.3, 0.4) is 0 Å². The van der Waals surface area contributed by atoms with Crippen LogP contribution in [0.15, 0.2) is 54.6 Å². The maximum absolute atomic E-state index is 12.4. The van der Waals surface area contributed by atoms with Crippen LogP contribution in [0.2, 0.25) is 0 Å². The third-order valence-electron chi connectivity index (χ3n) is 3.89. The lowest BCUT2D eigenvalue weighted by Gasteiger charge is -2.10. The monoisotopic (exact) mass is 372 g/mol. The number of alkyl halides is 2. The van der Waals surface area contributed by atoms with E-state index in [1.54, 1.807) is 42.5 Å². The summed E-state index contributed by atoms with van der Waals surface area (Å²) in [6.07, 6.45) is 4.50. The van der Waals surface area contributed by atoms with E-state index in [1.165, 1.54) is 18.2 Å². The van der Waals surface area contributed by atoms with Gasteiger partial charge in [-0.05, 0) is 37.1 Å². The molecule has 3 rings (SSSR count). The fourth-order valence-electron chi connectivity index (χ4n) is 2.44. The Labute approximate surface area is 155 Å². The van der Waals surface area contributed by atoms with Crippen molar-refractivity contribution in [3.05, 3.63) is 65.7 Å². The quantitative estimate of drug-likeness (QED) is 0.726. The molecule has 0 saturated heterocycles. The van der Waals surface area contributed by atoms with Crippen molar-refractivity contribution in [2.24, 2.45) is 0 Å². The van der Waals surface area contributed by atoms with E-state index in [1.807, 2.05) is 0 Å². The number of anilines is 1. The molecule has 7 heteroatoms. The van der Waals surface area contributed by atoms with Gasteiger partial charge in [0.1, 0.15) is 5.75 Å². The Morgan fingerprint density at radius 2 is 1.78 bits per heavy atom. The summed E-state index contributed by atoms with van der Waals surface area (Å²) >= 11 is 0. The number of amides is 2. The molecule has 1 aliphatic carbocycles. The van der Waals surface area contributed by atoms with Crippen molar-refractivity contribution in [1.29, 1.82) is 0 Å². The molecule has 2 N–H and O–H groups in total. The van der Waals surface area contributed by atoms with Crippen molar-refractivity contribution >= 4 is 23.6 Å². The third-order valence-corrected chi connectivity index (χ3v) is 3.89. The minimum Gasteiger partial charge on any atom is -0.434 e. The second-order valence-electron chi connectivity index (χ2n) is 6.03. The topological polar surface area (TPSA) is 67.4 Å². The Bertz CT molecular complexity index is 864. The molecule has 1 fully saturated rings. The minimum atomic E-state index is -2.95. The second-order valence-corrected chi connectivity index (χ2v) is 6.03. The van der Waals surface area contributed by atoms with Gasteiger partial charge < -0.3 is 15.4 Å². The molecule has 0 spiro atoms. The number of ether oxygens (including phenoxy) is 1. The van der Waals surface area contributed by atoms with Gasteiger partial charge in [0, 0.05) is 17.7 Å². The molecule has 2 aromatic carbocycles. The highest BCUT2D eigenvalue weighted by Crippen LogP contribution is 2.23. The molecule has 0 heterocycles. The van der Waals surface area contributed by atoms with Crippen LogP contribution in [0, 0.1) is 0 Å². The van der Waals surface area contributed by atoms with Gasteiger partial charge in [-0.2, -0.15) is 8.78 Å². The van der Waals surface area contributed by atoms with Crippen molar-refractivity contribution in [2.75, 3.05) is 5.32 Å². The van der Waals surface area contributed by atoms with Gasteiger partial charge in [-0.3, -0.25) is 9.59 Å². The van der Waals surface area contributed by atoms with Crippen LogP contribution in [-0.4, -0.2) is 24.5 Å². The Balaban J connectivity index is 1.70.